The van der Waals surface area contributed by atoms with Gasteiger partial charge in [0.05, 0.1) is 25.9 Å². The summed E-state index contributed by atoms with van der Waals surface area (Å²) in [5.41, 5.74) is 2.80. The number of nitrogens with zero attached hydrogens (tertiary/aromatic N) is 1. The van der Waals surface area contributed by atoms with Crippen LogP contribution in [0.15, 0.2) is 63.5 Å². The highest BCUT2D eigenvalue weighted by molar-refractivity contribution is 9.11. The van der Waals surface area contributed by atoms with Crippen molar-refractivity contribution in [2.24, 2.45) is 0 Å². The third-order valence-corrected chi connectivity index (χ3v) is 7.32. The Labute approximate surface area is 214 Å². The van der Waals surface area contributed by atoms with Crippen LogP contribution in [0.4, 0.5) is 5.69 Å². The van der Waals surface area contributed by atoms with Crippen molar-refractivity contribution in [1.82, 2.24) is 10.3 Å². The van der Waals surface area contributed by atoms with Gasteiger partial charge in [-0.2, -0.15) is 0 Å². The first-order chi connectivity index (χ1) is 14.8. The number of nitrogens with one attached hydrogen (secondary N) is 2. The van der Waals surface area contributed by atoms with Crippen LogP contribution in [-0.4, -0.2) is 16.0 Å². The molecule has 3 aromatic carbocycles. The third-order valence-electron chi connectivity index (χ3n) is 4.23. The van der Waals surface area contributed by atoms with Crippen LogP contribution < -0.4 is 10.6 Å². The van der Waals surface area contributed by atoms with E-state index in [4.69, 9.17) is 40.4 Å². The molecule has 0 aliphatic heterocycles. The Morgan fingerprint density at radius 1 is 1.03 bits per heavy atom. The summed E-state index contributed by atoms with van der Waals surface area (Å²) in [6.45, 7) is 0. The SMILES string of the molecule is O=C(NC(=S)Nc1c(Br)cc(Br)cc1-c1nc2ccccc2s1)c1ccc(Cl)c(Cl)c1. The van der Waals surface area contributed by atoms with Gasteiger partial charge in [-0.05, 0) is 70.6 Å². The number of rotatable bonds is 3. The van der Waals surface area contributed by atoms with E-state index < -0.39 is 5.91 Å². The fraction of sp³-hybridized carbons (Fsp3) is 0. The van der Waals surface area contributed by atoms with Crippen LogP contribution in [0.3, 0.4) is 0 Å². The van der Waals surface area contributed by atoms with Crippen LogP contribution in [-0.2, 0) is 0 Å². The van der Waals surface area contributed by atoms with Gasteiger partial charge in [-0.3, -0.25) is 10.1 Å². The molecule has 1 heterocycles. The summed E-state index contributed by atoms with van der Waals surface area (Å²) >= 11 is 26.0. The van der Waals surface area contributed by atoms with Gasteiger partial charge >= 0.3 is 0 Å². The van der Waals surface area contributed by atoms with E-state index in [1.807, 2.05) is 36.4 Å². The molecule has 4 nitrogen and oxygen atoms in total. The molecule has 0 bridgehead atoms. The Kier molecular flexibility index (Phi) is 6.95. The summed E-state index contributed by atoms with van der Waals surface area (Å²) in [6, 6.07) is 16.4. The Balaban J connectivity index is 1.62. The molecule has 0 radical (unpaired) electrons. The normalized spacial score (nSPS) is 10.8. The van der Waals surface area contributed by atoms with Gasteiger partial charge in [-0.1, -0.05) is 51.3 Å². The van der Waals surface area contributed by atoms with E-state index in [0.717, 1.165) is 29.7 Å². The summed E-state index contributed by atoms with van der Waals surface area (Å²) in [7, 11) is 0. The molecule has 0 aliphatic carbocycles. The van der Waals surface area contributed by atoms with Crippen LogP contribution in [0.1, 0.15) is 10.4 Å². The number of hydrogen-bond acceptors (Lipinski definition) is 4. The standard InChI is InChI=1S/C21H11Br2Cl2N3OS2/c22-11-8-12(20-26-16-3-1-2-4-17(16)31-20)18(13(23)9-11)27-21(30)28-19(29)10-5-6-14(24)15(25)7-10/h1-9H,(H2,27,28,29,30). The molecule has 0 saturated carbocycles. The average Bonchev–Trinajstić information content (AvgIpc) is 3.16. The molecule has 4 rings (SSSR count). The fourth-order valence-electron chi connectivity index (χ4n) is 2.81. The van der Waals surface area contributed by atoms with Crippen LogP contribution in [0, 0.1) is 0 Å². The highest BCUT2D eigenvalue weighted by Gasteiger charge is 2.17. The van der Waals surface area contributed by atoms with Crippen molar-refractivity contribution < 1.29 is 4.79 Å². The molecule has 0 aliphatic rings. The number of halogens is 4. The zero-order valence-electron chi connectivity index (χ0n) is 15.4. The summed E-state index contributed by atoms with van der Waals surface area (Å²) in [5, 5.41) is 7.41. The molecule has 1 amide bonds. The zero-order valence-corrected chi connectivity index (χ0v) is 21.7. The Morgan fingerprint density at radius 2 is 1.81 bits per heavy atom. The number of carbonyl (C=O) groups excluding carboxylic acids is 1. The summed E-state index contributed by atoms with van der Waals surface area (Å²) < 4.78 is 2.72. The second-order valence-electron chi connectivity index (χ2n) is 6.33. The smallest absolute Gasteiger partial charge is 0.257 e. The quantitative estimate of drug-likeness (QED) is 0.230. The molecule has 0 unspecified atom stereocenters. The minimum Gasteiger partial charge on any atom is -0.331 e. The van der Waals surface area contributed by atoms with E-state index in [0.29, 0.717) is 21.3 Å². The predicted molar refractivity (Wildman–Crippen MR) is 141 cm³/mol. The second-order valence-corrected chi connectivity index (χ2v) is 10.4. The topological polar surface area (TPSA) is 54.0 Å². The van der Waals surface area contributed by atoms with Crippen LogP contribution in [0.25, 0.3) is 20.8 Å². The lowest BCUT2D eigenvalue weighted by Gasteiger charge is -2.15. The maximum Gasteiger partial charge on any atom is 0.257 e. The maximum absolute atomic E-state index is 12.6. The minimum atomic E-state index is -0.397. The molecule has 4 aromatic rings. The number of fused-ring (bicyclic) bond motifs is 1. The van der Waals surface area contributed by atoms with Crippen molar-refractivity contribution in [3.05, 3.63) is 79.2 Å². The highest BCUT2D eigenvalue weighted by Crippen LogP contribution is 2.40. The predicted octanol–water partition coefficient (Wildman–Crippen LogP) is 7.92. The first-order valence-electron chi connectivity index (χ1n) is 8.74. The van der Waals surface area contributed by atoms with Gasteiger partial charge in [0.25, 0.3) is 5.91 Å². The molecule has 0 spiro atoms. The molecule has 2 N–H and O–H groups in total. The van der Waals surface area contributed by atoms with Gasteiger partial charge in [0, 0.05) is 20.1 Å². The van der Waals surface area contributed by atoms with Gasteiger partial charge in [0.1, 0.15) is 5.01 Å². The third kappa shape index (κ3) is 5.10. The monoisotopic (exact) mass is 613 g/mol. The molecule has 10 heteroatoms. The highest BCUT2D eigenvalue weighted by atomic mass is 79.9. The Hall–Kier alpha value is -1.55. The lowest BCUT2D eigenvalue weighted by atomic mass is 10.2. The van der Waals surface area contributed by atoms with Gasteiger partial charge < -0.3 is 5.32 Å². The molecule has 31 heavy (non-hydrogen) atoms. The number of aromatic nitrogens is 1. The number of thiazole rings is 1. The van der Waals surface area contributed by atoms with Gasteiger partial charge in [-0.25, -0.2) is 4.98 Å². The van der Waals surface area contributed by atoms with Crippen molar-refractivity contribution in [3.63, 3.8) is 0 Å². The number of amides is 1. The number of thiocarbonyl (C=S) groups is 1. The minimum absolute atomic E-state index is 0.140. The lowest BCUT2D eigenvalue weighted by molar-refractivity contribution is 0.0977. The maximum atomic E-state index is 12.6. The lowest BCUT2D eigenvalue weighted by Crippen LogP contribution is -2.34. The molecular weight excluding hydrogens is 605 g/mol. The number of para-hydroxylation sites is 1. The van der Waals surface area contributed by atoms with E-state index >= 15 is 0 Å². The van der Waals surface area contributed by atoms with Crippen LogP contribution in [0.2, 0.25) is 10.0 Å². The second kappa shape index (κ2) is 9.52. The molecule has 1 aromatic heterocycles. The summed E-state index contributed by atoms with van der Waals surface area (Å²) in [6.07, 6.45) is 0. The molecule has 0 atom stereocenters. The molecule has 0 saturated heterocycles. The van der Waals surface area contributed by atoms with Gasteiger partial charge in [0.2, 0.25) is 0 Å². The first-order valence-corrected chi connectivity index (χ1v) is 12.3. The molecule has 156 valence electrons. The van der Waals surface area contributed by atoms with Crippen molar-refractivity contribution in [3.8, 4) is 10.6 Å². The molecule has 0 fully saturated rings. The fourth-order valence-corrected chi connectivity index (χ4v) is 5.62. The first kappa shape index (κ1) is 22.6. The largest absolute Gasteiger partial charge is 0.331 e. The van der Waals surface area contributed by atoms with Crippen LogP contribution in [0.5, 0.6) is 0 Å². The van der Waals surface area contributed by atoms with Gasteiger partial charge in [0.15, 0.2) is 5.11 Å². The summed E-state index contributed by atoms with van der Waals surface area (Å²) in [4.78, 5) is 17.3. The van der Waals surface area contributed by atoms with Crippen molar-refractivity contribution in [1.29, 1.82) is 0 Å². The average molecular weight is 616 g/mol. The Bertz CT molecular complexity index is 1310. The van der Waals surface area contributed by atoms with E-state index in [1.165, 1.54) is 6.07 Å². The van der Waals surface area contributed by atoms with Crippen molar-refractivity contribution >= 4 is 106 Å². The van der Waals surface area contributed by atoms with E-state index in [-0.39, 0.29) is 5.11 Å². The van der Waals surface area contributed by atoms with Crippen molar-refractivity contribution in [2.75, 3.05) is 5.32 Å². The summed E-state index contributed by atoms with van der Waals surface area (Å²) in [5.74, 6) is -0.397. The number of carbonyl (C=O) groups is 1. The van der Waals surface area contributed by atoms with E-state index in [9.17, 15) is 4.79 Å². The van der Waals surface area contributed by atoms with Crippen LogP contribution >= 0.6 is 78.6 Å². The van der Waals surface area contributed by atoms with Crippen molar-refractivity contribution in [2.45, 2.75) is 0 Å². The molecular formula is C21H11Br2Cl2N3OS2. The number of anilines is 1. The van der Waals surface area contributed by atoms with E-state index in [2.05, 4.69) is 42.5 Å². The number of benzene rings is 3. The zero-order chi connectivity index (χ0) is 22.1. The van der Waals surface area contributed by atoms with Gasteiger partial charge in [-0.15, -0.1) is 11.3 Å². The van der Waals surface area contributed by atoms with E-state index in [1.54, 1.807) is 23.5 Å². The Morgan fingerprint density at radius 3 is 2.55 bits per heavy atom. The number of hydrogen-bond donors (Lipinski definition) is 2.